The summed E-state index contributed by atoms with van der Waals surface area (Å²) in [5, 5.41) is 16.3. The molecule has 3 aliphatic rings. The fourth-order valence-electron chi connectivity index (χ4n) is 5.48. The van der Waals surface area contributed by atoms with Crippen LogP contribution < -0.4 is 10.6 Å². The topological polar surface area (TPSA) is 90.9 Å². The van der Waals surface area contributed by atoms with Gasteiger partial charge in [0.2, 0.25) is 11.8 Å². The molecule has 35 heavy (non-hydrogen) atoms. The van der Waals surface area contributed by atoms with E-state index in [1.165, 1.54) is 10.5 Å². The van der Waals surface area contributed by atoms with Crippen LogP contribution in [0.25, 0.3) is 0 Å². The molecule has 3 heterocycles. The van der Waals surface area contributed by atoms with Crippen molar-refractivity contribution in [3.63, 3.8) is 0 Å². The Morgan fingerprint density at radius 1 is 1.23 bits per heavy atom. The van der Waals surface area contributed by atoms with Gasteiger partial charge in [-0.3, -0.25) is 9.59 Å². The van der Waals surface area contributed by atoms with E-state index in [0.29, 0.717) is 19.4 Å². The molecule has 0 spiro atoms. The van der Waals surface area contributed by atoms with Crippen LogP contribution in [0.2, 0.25) is 0 Å². The average Bonchev–Trinajstić information content (AvgIpc) is 3.38. The lowest BCUT2D eigenvalue weighted by Crippen LogP contribution is -2.45. The summed E-state index contributed by atoms with van der Waals surface area (Å²) in [5.41, 5.74) is 4.34. The molecule has 5 rings (SSSR count). The van der Waals surface area contributed by atoms with Gasteiger partial charge in [-0.05, 0) is 48.8 Å². The van der Waals surface area contributed by atoms with Crippen LogP contribution in [0.3, 0.4) is 0 Å². The fourth-order valence-corrected chi connectivity index (χ4v) is 6.13. The van der Waals surface area contributed by atoms with Crippen LogP contribution in [0.4, 0.5) is 5.69 Å². The number of aryl methyl sites for hydroxylation is 1. The Labute approximate surface area is 210 Å². The molecule has 2 fully saturated rings. The number of carbonyl (C=O) groups is 2. The standard InChI is InChI=1S/C27H33N3O4S/c1-35-25-7-3-2-5-18(25)22-6-4-12-30(22)27(33)15-28-26(32)11-9-17-8-10-20-19(13-17)24-14-21(29-20)23(31)16-34-24/h2-3,5,7-8,10,13,21-24,29,31H,4,6,9,11-12,14-16H2,1H3,(H,28,32)/t21-,22?,23+,24+/m0/s1. The molecule has 0 radical (unpaired) electrons. The highest BCUT2D eigenvalue weighted by Crippen LogP contribution is 2.40. The minimum atomic E-state index is -0.485. The molecule has 7 nitrogen and oxygen atoms in total. The minimum absolute atomic E-state index is 0.0179. The molecule has 3 N–H and O–H groups in total. The zero-order valence-corrected chi connectivity index (χ0v) is 20.9. The highest BCUT2D eigenvalue weighted by Gasteiger charge is 2.36. The number of carbonyl (C=O) groups excluding carboxylic acids is 2. The molecule has 0 aliphatic carbocycles. The van der Waals surface area contributed by atoms with Crippen molar-refractivity contribution in [1.29, 1.82) is 0 Å². The molecule has 0 saturated carbocycles. The largest absolute Gasteiger partial charge is 0.389 e. The van der Waals surface area contributed by atoms with E-state index in [2.05, 4.69) is 35.1 Å². The normalized spacial score (nSPS) is 25.0. The first-order chi connectivity index (χ1) is 17.0. The van der Waals surface area contributed by atoms with E-state index in [4.69, 9.17) is 4.74 Å². The summed E-state index contributed by atoms with van der Waals surface area (Å²) < 4.78 is 5.82. The number of anilines is 1. The Bertz CT molecular complexity index is 1090. The molecular formula is C27H33N3O4S. The molecule has 2 amide bonds. The number of benzene rings is 2. The Morgan fingerprint density at radius 3 is 2.94 bits per heavy atom. The zero-order valence-electron chi connectivity index (χ0n) is 20.0. The Morgan fingerprint density at radius 2 is 2.09 bits per heavy atom. The van der Waals surface area contributed by atoms with Gasteiger partial charge < -0.3 is 25.4 Å². The maximum absolute atomic E-state index is 13.0. The van der Waals surface area contributed by atoms with Crippen molar-refractivity contribution >= 4 is 29.3 Å². The maximum Gasteiger partial charge on any atom is 0.242 e. The highest BCUT2D eigenvalue weighted by molar-refractivity contribution is 7.98. The predicted octanol–water partition coefficient (Wildman–Crippen LogP) is 3.44. The van der Waals surface area contributed by atoms with Crippen molar-refractivity contribution in [2.45, 2.75) is 61.3 Å². The van der Waals surface area contributed by atoms with Crippen molar-refractivity contribution in [2.75, 3.05) is 31.3 Å². The number of rotatable bonds is 7. The number of nitrogens with zero attached hydrogens (tertiary/aromatic N) is 1. The molecule has 8 heteroatoms. The Kier molecular flexibility index (Phi) is 7.32. The lowest BCUT2D eigenvalue weighted by molar-refractivity contribution is -0.133. The quantitative estimate of drug-likeness (QED) is 0.510. The van der Waals surface area contributed by atoms with E-state index >= 15 is 0 Å². The first-order valence-corrected chi connectivity index (χ1v) is 13.6. The summed E-state index contributed by atoms with van der Waals surface area (Å²) in [4.78, 5) is 28.6. The summed E-state index contributed by atoms with van der Waals surface area (Å²) in [5.74, 6) is -0.144. The second-order valence-electron chi connectivity index (χ2n) is 9.56. The number of amides is 2. The number of aliphatic hydroxyl groups is 1. The van der Waals surface area contributed by atoms with Crippen LogP contribution >= 0.6 is 11.8 Å². The number of likely N-dealkylation sites (tertiary alicyclic amines) is 1. The van der Waals surface area contributed by atoms with Gasteiger partial charge in [0.05, 0.1) is 37.4 Å². The molecule has 4 atom stereocenters. The summed E-state index contributed by atoms with van der Waals surface area (Å²) in [6.07, 6.45) is 5.16. The van der Waals surface area contributed by atoms with Gasteiger partial charge in [-0.25, -0.2) is 0 Å². The predicted molar refractivity (Wildman–Crippen MR) is 136 cm³/mol. The lowest BCUT2D eigenvalue weighted by atomic mass is 9.88. The molecular weight excluding hydrogens is 462 g/mol. The van der Waals surface area contributed by atoms with Crippen molar-refractivity contribution in [1.82, 2.24) is 10.2 Å². The molecule has 1 unspecified atom stereocenters. The van der Waals surface area contributed by atoms with Crippen molar-refractivity contribution in [3.8, 4) is 0 Å². The SMILES string of the molecule is CSc1ccccc1C1CCCN1C(=O)CNC(=O)CCc1ccc2c(c1)[C@H]1C[C@H](N2)[C@H](O)CO1. The molecule has 2 bridgehead atoms. The molecule has 0 aromatic heterocycles. The number of aliphatic hydroxyl groups excluding tert-OH is 1. The second-order valence-corrected chi connectivity index (χ2v) is 10.4. The minimum Gasteiger partial charge on any atom is -0.389 e. The van der Waals surface area contributed by atoms with Gasteiger partial charge in [0.25, 0.3) is 0 Å². The summed E-state index contributed by atoms with van der Waals surface area (Å²) in [6, 6.07) is 14.5. The van der Waals surface area contributed by atoms with Gasteiger partial charge in [-0.2, -0.15) is 0 Å². The number of hydrogen-bond donors (Lipinski definition) is 3. The summed E-state index contributed by atoms with van der Waals surface area (Å²) in [7, 11) is 0. The van der Waals surface area contributed by atoms with E-state index in [0.717, 1.165) is 42.6 Å². The summed E-state index contributed by atoms with van der Waals surface area (Å²) >= 11 is 1.70. The molecule has 2 saturated heterocycles. The number of ether oxygens (including phenoxy) is 1. The van der Waals surface area contributed by atoms with E-state index in [1.807, 2.05) is 29.2 Å². The number of hydrogen-bond acceptors (Lipinski definition) is 6. The molecule has 186 valence electrons. The van der Waals surface area contributed by atoms with Gasteiger partial charge in [-0.1, -0.05) is 30.3 Å². The third kappa shape index (κ3) is 5.20. The summed E-state index contributed by atoms with van der Waals surface area (Å²) in [6.45, 7) is 1.10. The zero-order chi connectivity index (χ0) is 24.4. The molecule has 3 aliphatic heterocycles. The van der Waals surface area contributed by atoms with E-state index in [-0.39, 0.29) is 36.5 Å². The van der Waals surface area contributed by atoms with Crippen LogP contribution in [-0.4, -0.2) is 59.9 Å². The van der Waals surface area contributed by atoms with Crippen LogP contribution in [-0.2, 0) is 20.7 Å². The van der Waals surface area contributed by atoms with E-state index < -0.39 is 6.10 Å². The maximum atomic E-state index is 13.0. The van der Waals surface area contributed by atoms with Crippen LogP contribution in [0.1, 0.15) is 54.5 Å². The Balaban J connectivity index is 1.14. The van der Waals surface area contributed by atoms with Gasteiger partial charge in [0.1, 0.15) is 0 Å². The van der Waals surface area contributed by atoms with E-state index in [1.54, 1.807) is 11.8 Å². The first kappa shape index (κ1) is 24.2. The monoisotopic (exact) mass is 495 g/mol. The number of nitrogens with one attached hydrogen (secondary N) is 2. The first-order valence-electron chi connectivity index (χ1n) is 12.4. The third-order valence-corrected chi connectivity index (χ3v) is 8.16. The van der Waals surface area contributed by atoms with Crippen LogP contribution in [0, 0.1) is 0 Å². The van der Waals surface area contributed by atoms with Gasteiger partial charge >= 0.3 is 0 Å². The molecule has 2 aromatic carbocycles. The van der Waals surface area contributed by atoms with Crippen molar-refractivity contribution < 1.29 is 19.4 Å². The number of fused-ring (bicyclic) bond motifs is 4. The van der Waals surface area contributed by atoms with Gasteiger partial charge in [-0.15, -0.1) is 11.8 Å². The van der Waals surface area contributed by atoms with Gasteiger partial charge in [0, 0.05) is 35.5 Å². The number of thioether (sulfide) groups is 1. The average molecular weight is 496 g/mol. The fraction of sp³-hybridized carbons (Fsp3) is 0.481. The van der Waals surface area contributed by atoms with Crippen molar-refractivity contribution in [3.05, 3.63) is 59.2 Å². The lowest BCUT2D eigenvalue weighted by Gasteiger charge is -2.40. The van der Waals surface area contributed by atoms with Crippen molar-refractivity contribution in [2.24, 2.45) is 0 Å². The van der Waals surface area contributed by atoms with Crippen LogP contribution in [0.5, 0.6) is 0 Å². The van der Waals surface area contributed by atoms with Gasteiger partial charge in [0.15, 0.2) is 0 Å². The smallest absolute Gasteiger partial charge is 0.242 e. The van der Waals surface area contributed by atoms with Crippen LogP contribution in [0.15, 0.2) is 47.4 Å². The third-order valence-electron chi connectivity index (χ3n) is 7.35. The highest BCUT2D eigenvalue weighted by atomic mass is 32.2. The Hall–Kier alpha value is -2.55. The van der Waals surface area contributed by atoms with E-state index in [9.17, 15) is 14.7 Å². The molecule has 2 aromatic rings. The second kappa shape index (κ2) is 10.6.